The van der Waals surface area contributed by atoms with Crippen LogP contribution in [0.15, 0.2) is 36.7 Å². The number of rotatable bonds is 3. The fourth-order valence-corrected chi connectivity index (χ4v) is 2.59. The number of aromatic nitrogens is 2. The van der Waals surface area contributed by atoms with Crippen molar-refractivity contribution in [1.29, 1.82) is 0 Å². The summed E-state index contributed by atoms with van der Waals surface area (Å²) in [6.45, 7) is 2.00. The Kier molecular flexibility index (Phi) is 3.60. The summed E-state index contributed by atoms with van der Waals surface area (Å²) in [6, 6.07) is 8.23. The van der Waals surface area contributed by atoms with Crippen LogP contribution in [0.4, 0.5) is 5.69 Å². The molecule has 1 fully saturated rings. The number of methoxy groups -OCH3 is 1. The van der Waals surface area contributed by atoms with Gasteiger partial charge in [-0.1, -0.05) is 12.1 Å². The average Bonchev–Trinajstić information content (AvgIpc) is 2.97. The highest BCUT2D eigenvalue weighted by atomic mass is 16.5. The fraction of sp³-hybridized carbons (Fsp3) is 0.400. The van der Waals surface area contributed by atoms with Crippen molar-refractivity contribution in [3.63, 3.8) is 0 Å². The molecule has 5 nitrogen and oxygen atoms in total. The van der Waals surface area contributed by atoms with Crippen molar-refractivity contribution in [2.75, 3.05) is 25.1 Å². The van der Waals surface area contributed by atoms with Gasteiger partial charge in [-0.2, -0.15) is 5.10 Å². The second-order valence-electron chi connectivity index (χ2n) is 5.14. The van der Waals surface area contributed by atoms with E-state index in [2.05, 4.69) is 16.2 Å². The van der Waals surface area contributed by atoms with Crippen molar-refractivity contribution in [2.24, 2.45) is 5.73 Å². The van der Waals surface area contributed by atoms with E-state index >= 15 is 0 Å². The smallest absolute Gasteiger partial charge is 0.144 e. The van der Waals surface area contributed by atoms with Gasteiger partial charge in [0, 0.05) is 19.1 Å². The molecule has 0 atom stereocenters. The van der Waals surface area contributed by atoms with Crippen molar-refractivity contribution in [3.05, 3.63) is 36.7 Å². The van der Waals surface area contributed by atoms with Crippen molar-refractivity contribution < 1.29 is 4.74 Å². The monoisotopic (exact) mass is 272 g/mol. The topological polar surface area (TPSA) is 56.3 Å². The molecule has 3 rings (SSSR count). The van der Waals surface area contributed by atoms with Crippen LogP contribution in [0.1, 0.15) is 12.8 Å². The lowest BCUT2D eigenvalue weighted by Gasteiger charge is -2.30. The summed E-state index contributed by atoms with van der Waals surface area (Å²) in [5.41, 5.74) is 8.04. The van der Waals surface area contributed by atoms with Crippen LogP contribution in [0.2, 0.25) is 0 Å². The van der Waals surface area contributed by atoms with Crippen LogP contribution in [-0.4, -0.2) is 36.0 Å². The summed E-state index contributed by atoms with van der Waals surface area (Å²) < 4.78 is 7.24. The molecular weight excluding hydrogens is 252 g/mol. The highest BCUT2D eigenvalue weighted by Gasteiger charge is 2.18. The number of anilines is 1. The van der Waals surface area contributed by atoms with Crippen molar-refractivity contribution in [2.45, 2.75) is 18.9 Å². The third-order valence-electron chi connectivity index (χ3n) is 3.81. The minimum Gasteiger partial charge on any atom is -0.494 e. The molecular formula is C15H20N4O. The first kappa shape index (κ1) is 13.0. The molecule has 2 N–H and O–H groups in total. The summed E-state index contributed by atoms with van der Waals surface area (Å²) in [7, 11) is 1.68. The third kappa shape index (κ3) is 2.49. The Bertz CT molecular complexity index is 573. The van der Waals surface area contributed by atoms with Crippen molar-refractivity contribution >= 4 is 5.69 Å². The molecule has 20 heavy (non-hydrogen) atoms. The molecule has 1 aromatic heterocycles. The first-order chi connectivity index (χ1) is 9.78. The lowest BCUT2D eigenvalue weighted by molar-refractivity contribution is 0.411. The molecule has 1 aromatic carbocycles. The molecule has 1 saturated heterocycles. The Morgan fingerprint density at radius 1 is 1.25 bits per heavy atom. The highest BCUT2D eigenvalue weighted by molar-refractivity contribution is 5.50. The van der Waals surface area contributed by atoms with E-state index in [1.807, 2.05) is 35.1 Å². The quantitative estimate of drug-likeness (QED) is 0.926. The molecule has 2 heterocycles. The lowest BCUT2D eigenvalue weighted by Crippen LogP contribution is -2.39. The number of para-hydroxylation sites is 2. The Balaban J connectivity index is 1.83. The maximum absolute atomic E-state index is 5.95. The maximum atomic E-state index is 5.95. The van der Waals surface area contributed by atoms with Crippen molar-refractivity contribution in [1.82, 2.24) is 9.78 Å². The number of hydrogen-bond donors (Lipinski definition) is 1. The van der Waals surface area contributed by atoms with E-state index in [9.17, 15) is 0 Å². The molecule has 0 amide bonds. The average molecular weight is 272 g/mol. The molecule has 0 radical (unpaired) electrons. The van der Waals surface area contributed by atoms with Gasteiger partial charge < -0.3 is 15.4 Å². The second kappa shape index (κ2) is 5.54. The van der Waals surface area contributed by atoms with Crippen LogP contribution in [0.3, 0.4) is 0 Å². The van der Waals surface area contributed by atoms with Gasteiger partial charge in [-0.25, -0.2) is 4.68 Å². The van der Waals surface area contributed by atoms with E-state index in [1.165, 1.54) is 0 Å². The van der Waals surface area contributed by atoms with Gasteiger partial charge in [-0.3, -0.25) is 0 Å². The lowest BCUT2D eigenvalue weighted by atomic mass is 10.1. The summed E-state index contributed by atoms with van der Waals surface area (Å²) in [6.07, 6.45) is 6.04. The number of piperidine rings is 1. The van der Waals surface area contributed by atoms with E-state index in [-0.39, 0.29) is 0 Å². The summed E-state index contributed by atoms with van der Waals surface area (Å²) in [5, 5.41) is 4.45. The Labute approximate surface area is 118 Å². The Morgan fingerprint density at radius 3 is 2.75 bits per heavy atom. The zero-order chi connectivity index (χ0) is 13.9. The largest absolute Gasteiger partial charge is 0.494 e. The zero-order valence-corrected chi connectivity index (χ0v) is 11.7. The van der Waals surface area contributed by atoms with Crippen LogP contribution in [-0.2, 0) is 0 Å². The summed E-state index contributed by atoms with van der Waals surface area (Å²) in [5.74, 6) is 0.822. The minimum absolute atomic E-state index is 0.343. The van der Waals surface area contributed by atoms with E-state index in [4.69, 9.17) is 10.5 Å². The SMILES string of the molecule is COc1ccccc1-n1cc(N2CCC(N)CC2)cn1. The van der Waals surface area contributed by atoms with Crippen LogP contribution in [0.25, 0.3) is 5.69 Å². The van der Waals surface area contributed by atoms with Gasteiger partial charge in [-0.05, 0) is 25.0 Å². The van der Waals surface area contributed by atoms with E-state index in [0.29, 0.717) is 6.04 Å². The standard InChI is InChI=1S/C15H20N4O/c1-20-15-5-3-2-4-14(15)19-11-13(10-17-19)18-8-6-12(16)7-9-18/h2-5,10-12H,6-9,16H2,1H3. The minimum atomic E-state index is 0.343. The molecule has 1 aliphatic heterocycles. The summed E-state index contributed by atoms with van der Waals surface area (Å²) in [4.78, 5) is 2.34. The first-order valence-corrected chi connectivity index (χ1v) is 6.96. The van der Waals surface area contributed by atoms with Gasteiger partial charge in [0.25, 0.3) is 0 Å². The predicted molar refractivity (Wildman–Crippen MR) is 79.5 cm³/mol. The second-order valence-corrected chi connectivity index (χ2v) is 5.14. The molecule has 1 aliphatic rings. The predicted octanol–water partition coefficient (Wildman–Crippen LogP) is 1.81. The zero-order valence-electron chi connectivity index (χ0n) is 11.7. The number of hydrogen-bond acceptors (Lipinski definition) is 4. The normalized spacial score (nSPS) is 16.4. The van der Waals surface area contributed by atoms with Gasteiger partial charge in [0.2, 0.25) is 0 Å². The van der Waals surface area contributed by atoms with Gasteiger partial charge >= 0.3 is 0 Å². The molecule has 0 bridgehead atoms. The number of benzene rings is 1. The van der Waals surface area contributed by atoms with E-state index in [0.717, 1.165) is 43.1 Å². The number of ether oxygens (including phenoxy) is 1. The van der Waals surface area contributed by atoms with Crippen LogP contribution >= 0.6 is 0 Å². The van der Waals surface area contributed by atoms with Gasteiger partial charge in [0.15, 0.2) is 0 Å². The van der Waals surface area contributed by atoms with Crippen LogP contribution in [0.5, 0.6) is 5.75 Å². The molecule has 0 unspecified atom stereocenters. The highest BCUT2D eigenvalue weighted by Crippen LogP contribution is 2.25. The Morgan fingerprint density at radius 2 is 2.00 bits per heavy atom. The Hall–Kier alpha value is -2.01. The molecule has 0 aliphatic carbocycles. The fourth-order valence-electron chi connectivity index (χ4n) is 2.59. The first-order valence-electron chi connectivity index (χ1n) is 6.96. The molecule has 106 valence electrons. The maximum Gasteiger partial charge on any atom is 0.144 e. The van der Waals surface area contributed by atoms with E-state index in [1.54, 1.807) is 7.11 Å². The molecule has 2 aromatic rings. The van der Waals surface area contributed by atoms with Crippen molar-refractivity contribution in [3.8, 4) is 11.4 Å². The molecule has 5 heteroatoms. The van der Waals surface area contributed by atoms with Gasteiger partial charge in [0.05, 0.1) is 25.2 Å². The molecule has 0 saturated carbocycles. The molecule has 0 spiro atoms. The van der Waals surface area contributed by atoms with Gasteiger partial charge in [-0.15, -0.1) is 0 Å². The van der Waals surface area contributed by atoms with E-state index < -0.39 is 0 Å². The summed E-state index contributed by atoms with van der Waals surface area (Å²) >= 11 is 0. The number of nitrogens with two attached hydrogens (primary N) is 1. The third-order valence-corrected chi connectivity index (χ3v) is 3.81. The van der Waals surface area contributed by atoms with Gasteiger partial charge in [0.1, 0.15) is 11.4 Å². The van der Waals surface area contributed by atoms with Crippen LogP contribution < -0.4 is 15.4 Å². The number of nitrogens with zero attached hydrogens (tertiary/aromatic N) is 3. The van der Waals surface area contributed by atoms with Crippen LogP contribution in [0, 0.1) is 0 Å².